The van der Waals surface area contributed by atoms with E-state index in [1.807, 2.05) is 5.38 Å². The number of anilines is 1. The molecule has 0 aliphatic carbocycles. The Balaban J connectivity index is 1.62. The molecule has 1 N–H and O–H groups in total. The molecule has 1 amide bonds. The van der Waals surface area contributed by atoms with Crippen molar-refractivity contribution in [1.29, 1.82) is 0 Å². The largest absolute Gasteiger partial charge is 0.347 e. The van der Waals surface area contributed by atoms with E-state index in [4.69, 9.17) is 0 Å². The van der Waals surface area contributed by atoms with Gasteiger partial charge in [0, 0.05) is 30.7 Å². The number of benzene rings is 1. The van der Waals surface area contributed by atoms with Gasteiger partial charge in [-0.3, -0.25) is 4.79 Å². The van der Waals surface area contributed by atoms with Crippen molar-refractivity contribution in [2.75, 3.05) is 18.0 Å². The fourth-order valence-corrected chi connectivity index (χ4v) is 3.01. The van der Waals surface area contributed by atoms with E-state index >= 15 is 0 Å². The molecule has 1 atom stereocenters. The number of thiazole rings is 1. The van der Waals surface area contributed by atoms with Crippen molar-refractivity contribution < 1.29 is 9.18 Å². The predicted molar refractivity (Wildman–Crippen MR) is 76.6 cm³/mol. The lowest BCUT2D eigenvalue weighted by Crippen LogP contribution is -2.37. The number of nitrogens with zero attached hydrogens (tertiary/aromatic N) is 2. The standard InChI is InChI=1S/C14H14FN3OS/c15-12-4-2-1-3-11(12)13(19)17-10-5-7-18(9-10)14-16-6-8-20-14/h1-4,6,8,10H,5,7,9H2,(H,17,19). The van der Waals surface area contributed by atoms with E-state index < -0.39 is 5.82 Å². The lowest BCUT2D eigenvalue weighted by atomic mass is 10.1. The molecule has 6 heteroatoms. The van der Waals surface area contributed by atoms with Gasteiger partial charge in [-0.15, -0.1) is 11.3 Å². The summed E-state index contributed by atoms with van der Waals surface area (Å²) in [4.78, 5) is 18.4. The number of hydrogen-bond acceptors (Lipinski definition) is 4. The Morgan fingerprint density at radius 2 is 2.30 bits per heavy atom. The number of hydrogen-bond donors (Lipinski definition) is 1. The Bertz CT molecular complexity index is 602. The molecule has 1 saturated heterocycles. The molecule has 2 aromatic rings. The van der Waals surface area contributed by atoms with Crippen LogP contribution in [0.15, 0.2) is 35.8 Å². The summed E-state index contributed by atoms with van der Waals surface area (Å²) in [5.74, 6) is -0.839. The molecule has 1 aromatic heterocycles. The molecule has 0 saturated carbocycles. The summed E-state index contributed by atoms with van der Waals surface area (Å²) in [5.41, 5.74) is 0.0974. The first-order valence-corrected chi connectivity index (χ1v) is 7.32. The van der Waals surface area contributed by atoms with Crippen LogP contribution in [0.25, 0.3) is 0 Å². The summed E-state index contributed by atoms with van der Waals surface area (Å²) in [7, 11) is 0. The summed E-state index contributed by atoms with van der Waals surface area (Å²) in [6, 6.07) is 6.07. The minimum Gasteiger partial charge on any atom is -0.347 e. The normalized spacial score (nSPS) is 18.2. The number of carbonyl (C=O) groups excluding carboxylic acids is 1. The van der Waals surface area contributed by atoms with Crippen LogP contribution in [-0.2, 0) is 0 Å². The molecule has 104 valence electrons. The highest BCUT2D eigenvalue weighted by atomic mass is 32.1. The molecule has 3 rings (SSSR count). The van der Waals surface area contributed by atoms with E-state index in [9.17, 15) is 9.18 Å². The third-order valence-corrected chi connectivity index (χ3v) is 4.16. The van der Waals surface area contributed by atoms with Crippen molar-refractivity contribution in [3.8, 4) is 0 Å². The molecule has 1 fully saturated rings. The van der Waals surface area contributed by atoms with Crippen LogP contribution in [-0.4, -0.2) is 30.0 Å². The van der Waals surface area contributed by atoms with Gasteiger partial charge >= 0.3 is 0 Å². The molecule has 0 spiro atoms. The van der Waals surface area contributed by atoms with Gasteiger partial charge in [0.2, 0.25) is 0 Å². The van der Waals surface area contributed by atoms with E-state index in [0.29, 0.717) is 6.54 Å². The summed E-state index contributed by atoms with van der Waals surface area (Å²) in [6.07, 6.45) is 2.62. The van der Waals surface area contributed by atoms with Crippen molar-refractivity contribution in [3.05, 3.63) is 47.2 Å². The van der Waals surface area contributed by atoms with Crippen LogP contribution in [0.3, 0.4) is 0 Å². The molecule has 0 bridgehead atoms. The predicted octanol–water partition coefficient (Wildman–Crippen LogP) is 2.29. The molecule has 1 aromatic carbocycles. The highest BCUT2D eigenvalue weighted by Crippen LogP contribution is 2.22. The van der Waals surface area contributed by atoms with Gasteiger partial charge in [-0.1, -0.05) is 12.1 Å². The van der Waals surface area contributed by atoms with Crippen LogP contribution in [0.4, 0.5) is 9.52 Å². The van der Waals surface area contributed by atoms with Crippen LogP contribution in [0.1, 0.15) is 16.8 Å². The lowest BCUT2D eigenvalue weighted by Gasteiger charge is -2.15. The number of halogens is 1. The Hall–Kier alpha value is -1.95. The van der Waals surface area contributed by atoms with E-state index in [-0.39, 0.29) is 17.5 Å². The van der Waals surface area contributed by atoms with Crippen LogP contribution in [0.5, 0.6) is 0 Å². The molecule has 1 aliphatic heterocycles. The first-order valence-electron chi connectivity index (χ1n) is 6.44. The summed E-state index contributed by atoms with van der Waals surface area (Å²) < 4.78 is 13.5. The quantitative estimate of drug-likeness (QED) is 0.943. The number of nitrogens with one attached hydrogen (secondary N) is 1. The van der Waals surface area contributed by atoms with Crippen molar-refractivity contribution >= 4 is 22.4 Å². The molecule has 4 nitrogen and oxygen atoms in total. The van der Waals surface area contributed by atoms with E-state index in [1.54, 1.807) is 29.7 Å². The molecule has 2 heterocycles. The highest BCUT2D eigenvalue weighted by molar-refractivity contribution is 7.13. The number of aromatic nitrogens is 1. The smallest absolute Gasteiger partial charge is 0.254 e. The third-order valence-electron chi connectivity index (χ3n) is 3.33. The van der Waals surface area contributed by atoms with Gasteiger partial charge < -0.3 is 10.2 Å². The lowest BCUT2D eigenvalue weighted by molar-refractivity contribution is 0.0936. The Morgan fingerprint density at radius 3 is 3.05 bits per heavy atom. The average molecular weight is 291 g/mol. The topological polar surface area (TPSA) is 45.2 Å². The maximum Gasteiger partial charge on any atom is 0.254 e. The average Bonchev–Trinajstić information content (AvgIpc) is 3.09. The zero-order chi connectivity index (χ0) is 13.9. The Kier molecular flexibility index (Phi) is 3.64. The molecular weight excluding hydrogens is 277 g/mol. The van der Waals surface area contributed by atoms with Crippen molar-refractivity contribution in [2.45, 2.75) is 12.5 Å². The molecule has 20 heavy (non-hydrogen) atoms. The van der Waals surface area contributed by atoms with Crippen LogP contribution in [0.2, 0.25) is 0 Å². The van der Waals surface area contributed by atoms with Gasteiger partial charge in [-0.25, -0.2) is 9.37 Å². The van der Waals surface area contributed by atoms with Crippen molar-refractivity contribution in [1.82, 2.24) is 10.3 Å². The molecule has 0 radical (unpaired) electrons. The molecular formula is C14H14FN3OS. The van der Waals surface area contributed by atoms with E-state index in [1.165, 1.54) is 12.1 Å². The van der Waals surface area contributed by atoms with Gasteiger partial charge in [-0.2, -0.15) is 0 Å². The zero-order valence-corrected chi connectivity index (χ0v) is 11.6. The van der Waals surface area contributed by atoms with Gasteiger partial charge in [0.25, 0.3) is 5.91 Å². The second-order valence-corrected chi connectivity index (χ2v) is 5.57. The molecule has 1 unspecified atom stereocenters. The second kappa shape index (κ2) is 5.58. The van der Waals surface area contributed by atoms with Crippen LogP contribution in [0, 0.1) is 5.82 Å². The van der Waals surface area contributed by atoms with E-state index in [2.05, 4.69) is 15.2 Å². The number of rotatable bonds is 3. The minimum atomic E-state index is -0.486. The van der Waals surface area contributed by atoms with Gasteiger partial charge in [0.1, 0.15) is 5.82 Å². The Morgan fingerprint density at radius 1 is 1.45 bits per heavy atom. The zero-order valence-electron chi connectivity index (χ0n) is 10.8. The molecule has 1 aliphatic rings. The minimum absolute atomic E-state index is 0.0333. The maximum atomic E-state index is 13.5. The summed E-state index contributed by atoms with van der Waals surface area (Å²) in [5, 5.41) is 5.78. The third kappa shape index (κ3) is 2.65. The van der Waals surface area contributed by atoms with Crippen LogP contribution >= 0.6 is 11.3 Å². The van der Waals surface area contributed by atoms with E-state index in [0.717, 1.165) is 18.1 Å². The van der Waals surface area contributed by atoms with Crippen LogP contribution < -0.4 is 10.2 Å². The fourth-order valence-electron chi connectivity index (χ4n) is 2.33. The maximum absolute atomic E-state index is 13.5. The fraction of sp³-hybridized carbons (Fsp3) is 0.286. The first-order chi connectivity index (χ1) is 9.74. The highest BCUT2D eigenvalue weighted by Gasteiger charge is 2.26. The second-order valence-electron chi connectivity index (χ2n) is 4.70. The SMILES string of the molecule is O=C(NC1CCN(c2nccs2)C1)c1ccccc1F. The van der Waals surface area contributed by atoms with Gasteiger partial charge in [-0.05, 0) is 18.6 Å². The first kappa shape index (κ1) is 13.1. The summed E-state index contributed by atoms with van der Waals surface area (Å²) >= 11 is 1.58. The monoisotopic (exact) mass is 291 g/mol. The van der Waals surface area contributed by atoms with Crippen molar-refractivity contribution in [2.24, 2.45) is 0 Å². The number of carbonyl (C=O) groups is 1. The Labute approximate surface area is 120 Å². The van der Waals surface area contributed by atoms with Gasteiger partial charge in [0.15, 0.2) is 5.13 Å². The number of amides is 1. The van der Waals surface area contributed by atoms with Crippen molar-refractivity contribution in [3.63, 3.8) is 0 Å². The summed E-state index contributed by atoms with van der Waals surface area (Å²) in [6.45, 7) is 1.57. The van der Waals surface area contributed by atoms with Gasteiger partial charge in [0.05, 0.1) is 5.56 Å².